The van der Waals surface area contributed by atoms with Gasteiger partial charge >= 0.3 is 0 Å². The number of nitrogens with two attached hydrogens (primary N) is 1. The number of aliphatic hydroxyl groups is 1. The van der Waals surface area contributed by atoms with Gasteiger partial charge in [-0.05, 0) is 31.5 Å². The molecular weight excluding hydrogens is 272 g/mol. The Morgan fingerprint density at radius 3 is 2.48 bits per heavy atom. The van der Waals surface area contributed by atoms with Crippen LogP contribution >= 0.6 is 0 Å². The largest absolute Gasteiger partial charge is 0.491 e. The van der Waals surface area contributed by atoms with Crippen molar-refractivity contribution in [2.75, 3.05) is 13.2 Å². The Morgan fingerprint density at radius 1 is 1.38 bits per heavy atom. The molecule has 2 amide bonds. The van der Waals surface area contributed by atoms with Gasteiger partial charge < -0.3 is 20.5 Å². The van der Waals surface area contributed by atoms with Gasteiger partial charge in [-0.3, -0.25) is 9.59 Å². The molecule has 1 aromatic rings. The standard InChI is InChI=1S/C15H22N2O4/c1-11(2)17(10-18)8-13(19)9-21-14-5-3-12(4-6-14)7-15(16)20/h3-6,10-11,13,19H,7-9H2,1-2H3,(H2,16,20). The number of hydrogen-bond donors (Lipinski definition) is 2. The average molecular weight is 294 g/mol. The molecule has 3 N–H and O–H groups in total. The Bertz CT molecular complexity index is 459. The van der Waals surface area contributed by atoms with Crippen molar-refractivity contribution in [2.45, 2.75) is 32.4 Å². The number of hydrogen-bond acceptors (Lipinski definition) is 4. The lowest BCUT2D eigenvalue weighted by molar-refractivity contribution is -0.121. The molecule has 0 saturated heterocycles. The molecule has 6 heteroatoms. The molecule has 0 aliphatic rings. The van der Waals surface area contributed by atoms with Crippen LogP contribution in [0.4, 0.5) is 0 Å². The van der Waals surface area contributed by atoms with E-state index in [0.29, 0.717) is 12.2 Å². The molecule has 0 aromatic heterocycles. The summed E-state index contributed by atoms with van der Waals surface area (Å²) in [6, 6.07) is 6.96. The molecule has 1 rings (SSSR count). The molecule has 116 valence electrons. The number of carbonyl (C=O) groups excluding carboxylic acids is 2. The van der Waals surface area contributed by atoms with E-state index in [1.807, 2.05) is 13.8 Å². The number of benzene rings is 1. The van der Waals surface area contributed by atoms with Crippen molar-refractivity contribution in [3.63, 3.8) is 0 Å². The van der Waals surface area contributed by atoms with Gasteiger partial charge in [-0.25, -0.2) is 0 Å². The van der Waals surface area contributed by atoms with Crippen molar-refractivity contribution in [1.29, 1.82) is 0 Å². The van der Waals surface area contributed by atoms with Gasteiger partial charge in [0.1, 0.15) is 18.5 Å². The first-order chi connectivity index (χ1) is 9.92. The summed E-state index contributed by atoms with van der Waals surface area (Å²) in [6.07, 6.45) is 0.140. The van der Waals surface area contributed by atoms with E-state index in [1.54, 1.807) is 24.3 Å². The Balaban J connectivity index is 2.43. The van der Waals surface area contributed by atoms with E-state index in [1.165, 1.54) is 4.90 Å². The van der Waals surface area contributed by atoms with E-state index in [4.69, 9.17) is 10.5 Å². The van der Waals surface area contributed by atoms with Crippen molar-refractivity contribution in [1.82, 2.24) is 4.90 Å². The van der Waals surface area contributed by atoms with Crippen molar-refractivity contribution in [2.24, 2.45) is 5.73 Å². The second-order valence-corrected chi connectivity index (χ2v) is 5.15. The summed E-state index contributed by atoms with van der Waals surface area (Å²) in [7, 11) is 0. The van der Waals surface area contributed by atoms with Gasteiger partial charge in [0.05, 0.1) is 6.42 Å². The molecule has 0 aliphatic carbocycles. The second kappa shape index (κ2) is 8.26. The van der Waals surface area contributed by atoms with E-state index in [2.05, 4.69) is 0 Å². The van der Waals surface area contributed by atoms with Gasteiger partial charge in [0.25, 0.3) is 0 Å². The monoisotopic (exact) mass is 294 g/mol. The van der Waals surface area contributed by atoms with E-state index in [-0.39, 0.29) is 31.5 Å². The maximum absolute atomic E-state index is 10.8. The highest BCUT2D eigenvalue weighted by Gasteiger charge is 2.13. The molecule has 0 aliphatic heterocycles. The minimum absolute atomic E-state index is 0.0326. The second-order valence-electron chi connectivity index (χ2n) is 5.15. The molecule has 1 aromatic carbocycles. The molecule has 0 radical (unpaired) electrons. The van der Waals surface area contributed by atoms with Crippen LogP contribution in [0.3, 0.4) is 0 Å². The SMILES string of the molecule is CC(C)N(C=O)CC(O)COc1ccc(CC(N)=O)cc1. The number of primary amides is 1. The summed E-state index contributed by atoms with van der Waals surface area (Å²) in [5.74, 6) is 0.200. The molecular formula is C15H22N2O4. The number of aliphatic hydroxyl groups excluding tert-OH is 1. The topological polar surface area (TPSA) is 92.9 Å². The first-order valence-corrected chi connectivity index (χ1v) is 6.81. The van der Waals surface area contributed by atoms with Crippen LogP contribution in [-0.2, 0) is 16.0 Å². The fraction of sp³-hybridized carbons (Fsp3) is 0.467. The molecule has 0 saturated carbocycles. The van der Waals surface area contributed by atoms with Crippen LogP contribution in [-0.4, -0.2) is 47.6 Å². The summed E-state index contributed by atoms with van der Waals surface area (Å²) in [5.41, 5.74) is 5.92. The lowest BCUT2D eigenvalue weighted by Crippen LogP contribution is -2.38. The third-order valence-corrected chi connectivity index (χ3v) is 2.96. The highest BCUT2D eigenvalue weighted by Crippen LogP contribution is 2.13. The maximum Gasteiger partial charge on any atom is 0.221 e. The molecule has 21 heavy (non-hydrogen) atoms. The van der Waals surface area contributed by atoms with Crippen molar-refractivity contribution in [3.8, 4) is 5.75 Å². The Kier molecular flexibility index (Phi) is 6.68. The van der Waals surface area contributed by atoms with Crippen LogP contribution < -0.4 is 10.5 Å². The molecule has 0 bridgehead atoms. The van der Waals surface area contributed by atoms with Crippen LogP contribution in [0.5, 0.6) is 5.75 Å². The van der Waals surface area contributed by atoms with Gasteiger partial charge in [0.2, 0.25) is 12.3 Å². The average Bonchev–Trinajstić information content (AvgIpc) is 2.43. The number of nitrogens with zero attached hydrogens (tertiary/aromatic N) is 1. The molecule has 0 fully saturated rings. The van der Waals surface area contributed by atoms with Crippen molar-refractivity contribution >= 4 is 12.3 Å². The zero-order valence-corrected chi connectivity index (χ0v) is 12.4. The first-order valence-electron chi connectivity index (χ1n) is 6.81. The fourth-order valence-electron chi connectivity index (χ4n) is 1.77. The molecule has 0 heterocycles. The highest BCUT2D eigenvalue weighted by atomic mass is 16.5. The third-order valence-electron chi connectivity index (χ3n) is 2.96. The zero-order valence-electron chi connectivity index (χ0n) is 12.4. The maximum atomic E-state index is 10.8. The van der Waals surface area contributed by atoms with E-state index in [0.717, 1.165) is 5.56 Å². The summed E-state index contributed by atoms with van der Waals surface area (Å²) < 4.78 is 5.44. The minimum Gasteiger partial charge on any atom is -0.491 e. The quantitative estimate of drug-likeness (QED) is 0.642. The lowest BCUT2D eigenvalue weighted by atomic mass is 10.1. The fourth-order valence-corrected chi connectivity index (χ4v) is 1.77. The van der Waals surface area contributed by atoms with E-state index < -0.39 is 6.10 Å². The molecule has 1 atom stereocenters. The summed E-state index contributed by atoms with van der Waals surface area (Å²) >= 11 is 0. The number of rotatable bonds is 9. The van der Waals surface area contributed by atoms with Crippen LogP contribution in [0.2, 0.25) is 0 Å². The molecule has 0 spiro atoms. The number of carbonyl (C=O) groups is 2. The van der Waals surface area contributed by atoms with Crippen molar-refractivity contribution < 1.29 is 19.4 Å². The Morgan fingerprint density at radius 2 is 2.00 bits per heavy atom. The van der Waals surface area contributed by atoms with Crippen LogP contribution in [0.25, 0.3) is 0 Å². The Labute approximate surface area is 124 Å². The highest BCUT2D eigenvalue weighted by molar-refractivity contribution is 5.76. The molecule has 6 nitrogen and oxygen atoms in total. The van der Waals surface area contributed by atoms with Crippen LogP contribution in [0.1, 0.15) is 19.4 Å². The summed E-state index contributed by atoms with van der Waals surface area (Å²) in [4.78, 5) is 23.1. The van der Waals surface area contributed by atoms with Crippen molar-refractivity contribution in [3.05, 3.63) is 29.8 Å². The van der Waals surface area contributed by atoms with Gasteiger partial charge in [-0.2, -0.15) is 0 Å². The Hall–Kier alpha value is -2.08. The van der Waals surface area contributed by atoms with Crippen LogP contribution in [0, 0.1) is 0 Å². The van der Waals surface area contributed by atoms with Gasteiger partial charge in [0.15, 0.2) is 0 Å². The normalized spacial score (nSPS) is 12.0. The van der Waals surface area contributed by atoms with Crippen LogP contribution in [0.15, 0.2) is 24.3 Å². The third kappa shape index (κ3) is 6.27. The van der Waals surface area contributed by atoms with E-state index in [9.17, 15) is 14.7 Å². The molecule has 1 unspecified atom stereocenters. The summed E-state index contributed by atoms with van der Waals surface area (Å²) in [6.45, 7) is 4.06. The summed E-state index contributed by atoms with van der Waals surface area (Å²) in [5, 5.41) is 9.85. The smallest absolute Gasteiger partial charge is 0.221 e. The van der Waals surface area contributed by atoms with Gasteiger partial charge in [0, 0.05) is 12.6 Å². The van der Waals surface area contributed by atoms with Gasteiger partial charge in [-0.15, -0.1) is 0 Å². The predicted octanol–water partition coefficient (Wildman–Crippen LogP) is 0.321. The zero-order chi connectivity index (χ0) is 15.8. The first kappa shape index (κ1) is 17.0. The van der Waals surface area contributed by atoms with E-state index >= 15 is 0 Å². The number of ether oxygens (including phenoxy) is 1. The minimum atomic E-state index is -0.761. The lowest BCUT2D eigenvalue weighted by Gasteiger charge is -2.24. The number of amides is 2. The predicted molar refractivity (Wildman–Crippen MR) is 78.7 cm³/mol. The van der Waals surface area contributed by atoms with Gasteiger partial charge in [-0.1, -0.05) is 12.1 Å².